The zero-order chi connectivity index (χ0) is 16.4. The summed E-state index contributed by atoms with van der Waals surface area (Å²) in [6.45, 7) is 2.10. The van der Waals surface area contributed by atoms with Crippen LogP contribution in [0.5, 0.6) is 0 Å². The fraction of sp³-hybridized carbons (Fsp3) is 0.125. The number of rotatable bonds is 4. The summed E-state index contributed by atoms with van der Waals surface area (Å²) in [6.07, 6.45) is 0.977. The molecule has 0 atom stereocenters. The fourth-order valence-electron chi connectivity index (χ4n) is 2.06. The molecule has 118 valence electrons. The standard InChI is InChI=1S/C16H12Cl2N2O2S/c1-2-9-3-5-10(6-4-9)12-8-14(22-20-12)19-16(21)11-7-13(17)23-15(11)18/h3-8H,2H2,1H3,(H,19,21). The third kappa shape index (κ3) is 3.58. The molecule has 0 bridgehead atoms. The Labute approximate surface area is 147 Å². The second-order valence-corrected chi connectivity index (χ2v) is 7.10. The predicted octanol–water partition coefficient (Wildman–Crippen LogP) is 5.52. The minimum atomic E-state index is -0.387. The predicted molar refractivity (Wildman–Crippen MR) is 93.6 cm³/mol. The Kier molecular flexibility index (Phi) is 4.71. The Hall–Kier alpha value is -1.82. The van der Waals surface area contributed by atoms with E-state index in [2.05, 4.69) is 17.4 Å². The van der Waals surface area contributed by atoms with E-state index in [0.29, 0.717) is 19.9 Å². The highest BCUT2D eigenvalue weighted by molar-refractivity contribution is 7.20. The highest BCUT2D eigenvalue weighted by atomic mass is 35.5. The molecule has 0 aliphatic carbocycles. The number of carbonyl (C=O) groups excluding carboxylic acids is 1. The number of carbonyl (C=O) groups is 1. The Morgan fingerprint density at radius 3 is 2.61 bits per heavy atom. The summed E-state index contributed by atoms with van der Waals surface area (Å²) in [5, 5.41) is 6.59. The molecule has 1 amide bonds. The minimum absolute atomic E-state index is 0.253. The van der Waals surface area contributed by atoms with Crippen LogP contribution in [0.1, 0.15) is 22.8 Å². The van der Waals surface area contributed by atoms with Crippen LogP contribution in [-0.4, -0.2) is 11.1 Å². The van der Waals surface area contributed by atoms with Gasteiger partial charge in [0.15, 0.2) is 0 Å². The first-order valence-electron chi connectivity index (χ1n) is 6.89. The lowest BCUT2D eigenvalue weighted by Gasteiger charge is -1.99. The summed E-state index contributed by atoms with van der Waals surface area (Å²) >= 11 is 12.9. The normalized spacial score (nSPS) is 10.7. The molecule has 7 heteroatoms. The molecule has 4 nitrogen and oxygen atoms in total. The van der Waals surface area contributed by atoms with Gasteiger partial charge in [0.2, 0.25) is 5.88 Å². The number of hydrogen-bond acceptors (Lipinski definition) is 4. The minimum Gasteiger partial charge on any atom is -0.338 e. The van der Waals surface area contributed by atoms with Crippen LogP contribution in [0.2, 0.25) is 8.67 Å². The van der Waals surface area contributed by atoms with Crippen molar-refractivity contribution in [1.29, 1.82) is 0 Å². The number of halogens is 2. The quantitative estimate of drug-likeness (QED) is 0.660. The van der Waals surface area contributed by atoms with Gasteiger partial charge in [-0.2, -0.15) is 0 Å². The number of anilines is 1. The van der Waals surface area contributed by atoms with Crippen LogP contribution in [0.4, 0.5) is 5.88 Å². The van der Waals surface area contributed by atoms with Crippen LogP contribution >= 0.6 is 34.5 Å². The van der Waals surface area contributed by atoms with Crippen molar-refractivity contribution in [2.75, 3.05) is 5.32 Å². The van der Waals surface area contributed by atoms with E-state index in [1.54, 1.807) is 6.07 Å². The monoisotopic (exact) mass is 366 g/mol. The number of hydrogen-bond donors (Lipinski definition) is 1. The molecule has 3 rings (SSSR count). The molecule has 1 aromatic carbocycles. The average Bonchev–Trinajstić information content (AvgIpc) is 3.13. The zero-order valence-corrected chi connectivity index (χ0v) is 14.4. The fourth-order valence-corrected chi connectivity index (χ4v) is 3.51. The highest BCUT2D eigenvalue weighted by Crippen LogP contribution is 2.32. The van der Waals surface area contributed by atoms with Gasteiger partial charge < -0.3 is 4.52 Å². The Morgan fingerprint density at radius 1 is 1.26 bits per heavy atom. The molecule has 0 spiro atoms. The molecule has 0 fully saturated rings. The Bertz CT molecular complexity index is 840. The van der Waals surface area contributed by atoms with Crippen molar-refractivity contribution in [3.05, 3.63) is 56.2 Å². The van der Waals surface area contributed by atoms with Crippen LogP contribution in [-0.2, 0) is 6.42 Å². The molecule has 0 radical (unpaired) electrons. The summed E-state index contributed by atoms with van der Waals surface area (Å²) in [5.74, 6) is -0.134. The maximum atomic E-state index is 12.1. The molecule has 1 N–H and O–H groups in total. The first kappa shape index (κ1) is 16.1. The SMILES string of the molecule is CCc1ccc(-c2cc(NC(=O)c3cc(Cl)sc3Cl)on2)cc1. The van der Waals surface area contributed by atoms with Crippen LogP contribution in [0.3, 0.4) is 0 Å². The average molecular weight is 367 g/mol. The van der Waals surface area contributed by atoms with Crippen molar-refractivity contribution in [2.24, 2.45) is 0 Å². The number of amides is 1. The van der Waals surface area contributed by atoms with Crippen molar-refractivity contribution < 1.29 is 9.32 Å². The van der Waals surface area contributed by atoms with Gasteiger partial charge in [-0.3, -0.25) is 10.1 Å². The number of aryl methyl sites for hydroxylation is 1. The van der Waals surface area contributed by atoms with Gasteiger partial charge >= 0.3 is 0 Å². The van der Waals surface area contributed by atoms with E-state index in [9.17, 15) is 4.79 Å². The highest BCUT2D eigenvalue weighted by Gasteiger charge is 2.16. The van der Waals surface area contributed by atoms with Gasteiger partial charge in [-0.05, 0) is 18.1 Å². The molecule has 2 aromatic heterocycles. The Morgan fingerprint density at radius 2 is 2.00 bits per heavy atom. The smallest absolute Gasteiger partial charge is 0.260 e. The zero-order valence-electron chi connectivity index (χ0n) is 12.1. The van der Waals surface area contributed by atoms with Crippen molar-refractivity contribution in [2.45, 2.75) is 13.3 Å². The van der Waals surface area contributed by atoms with Crippen molar-refractivity contribution >= 4 is 46.3 Å². The first-order chi connectivity index (χ1) is 11.1. The number of aromatic nitrogens is 1. The molecule has 0 aliphatic heterocycles. The number of nitrogens with zero attached hydrogens (tertiary/aromatic N) is 1. The van der Waals surface area contributed by atoms with Crippen molar-refractivity contribution in [3.8, 4) is 11.3 Å². The second-order valence-electron chi connectivity index (χ2n) is 4.82. The molecule has 0 saturated heterocycles. The van der Waals surface area contributed by atoms with Gasteiger partial charge in [0.25, 0.3) is 5.91 Å². The number of thiophene rings is 1. The summed E-state index contributed by atoms with van der Waals surface area (Å²) in [4.78, 5) is 12.1. The lowest BCUT2D eigenvalue weighted by Crippen LogP contribution is -2.10. The number of nitrogens with one attached hydrogen (secondary N) is 1. The van der Waals surface area contributed by atoms with Gasteiger partial charge in [0.1, 0.15) is 10.0 Å². The Balaban J connectivity index is 1.76. The largest absolute Gasteiger partial charge is 0.338 e. The summed E-state index contributed by atoms with van der Waals surface area (Å²) in [5.41, 5.74) is 3.13. The van der Waals surface area contributed by atoms with Crippen LogP contribution in [0.15, 0.2) is 40.9 Å². The molecule has 0 aliphatic rings. The van der Waals surface area contributed by atoms with Gasteiger partial charge in [-0.1, -0.05) is 59.5 Å². The summed E-state index contributed by atoms with van der Waals surface area (Å²) in [6, 6.07) is 11.2. The van der Waals surface area contributed by atoms with E-state index >= 15 is 0 Å². The molecule has 0 unspecified atom stereocenters. The third-order valence-electron chi connectivity index (χ3n) is 3.31. The first-order valence-corrected chi connectivity index (χ1v) is 8.46. The van der Waals surface area contributed by atoms with E-state index < -0.39 is 0 Å². The lowest BCUT2D eigenvalue weighted by molar-refractivity contribution is 0.102. The second kappa shape index (κ2) is 6.74. The summed E-state index contributed by atoms with van der Waals surface area (Å²) < 4.78 is 5.95. The maximum Gasteiger partial charge on any atom is 0.260 e. The number of benzene rings is 1. The van der Waals surface area contributed by atoms with E-state index in [-0.39, 0.29) is 11.8 Å². The van der Waals surface area contributed by atoms with Crippen molar-refractivity contribution in [1.82, 2.24) is 5.16 Å². The van der Waals surface area contributed by atoms with Gasteiger partial charge in [-0.25, -0.2) is 0 Å². The molecule has 0 saturated carbocycles. The molecule has 3 aromatic rings. The summed E-state index contributed by atoms with van der Waals surface area (Å²) in [7, 11) is 0. The maximum absolute atomic E-state index is 12.1. The third-order valence-corrected chi connectivity index (χ3v) is 4.79. The van der Waals surface area contributed by atoms with E-state index in [0.717, 1.165) is 23.3 Å². The van der Waals surface area contributed by atoms with Crippen LogP contribution in [0.25, 0.3) is 11.3 Å². The lowest BCUT2D eigenvalue weighted by atomic mass is 10.1. The van der Waals surface area contributed by atoms with Crippen LogP contribution in [0, 0.1) is 0 Å². The van der Waals surface area contributed by atoms with E-state index in [4.69, 9.17) is 27.7 Å². The molecular weight excluding hydrogens is 355 g/mol. The molecule has 23 heavy (non-hydrogen) atoms. The van der Waals surface area contributed by atoms with Gasteiger partial charge in [-0.15, -0.1) is 11.3 Å². The van der Waals surface area contributed by atoms with Gasteiger partial charge in [0, 0.05) is 11.6 Å². The van der Waals surface area contributed by atoms with Crippen molar-refractivity contribution in [3.63, 3.8) is 0 Å². The molecular formula is C16H12Cl2N2O2S. The molecule has 2 heterocycles. The van der Waals surface area contributed by atoms with Gasteiger partial charge in [0.05, 0.1) is 9.90 Å². The van der Waals surface area contributed by atoms with E-state index in [1.165, 1.54) is 11.6 Å². The van der Waals surface area contributed by atoms with Crippen LogP contribution < -0.4 is 5.32 Å². The topological polar surface area (TPSA) is 55.1 Å². The van der Waals surface area contributed by atoms with E-state index in [1.807, 2.05) is 24.3 Å².